The standard InChI is InChI=1S/C12H20N4O3/c1-9-11(13-3-5-19-9)12(17)15-10-7-14-16(8-10)4-6-18-2/h7-9,11,13H,3-6H2,1-2H3,(H,15,17)/t9-,11+/m1/s1. The second-order valence-corrected chi connectivity index (χ2v) is 4.48. The molecule has 1 amide bonds. The molecule has 0 spiro atoms. The summed E-state index contributed by atoms with van der Waals surface area (Å²) in [7, 11) is 1.64. The first-order valence-corrected chi connectivity index (χ1v) is 6.38. The van der Waals surface area contributed by atoms with Gasteiger partial charge in [-0.3, -0.25) is 9.48 Å². The fourth-order valence-electron chi connectivity index (χ4n) is 1.98. The van der Waals surface area contributed by atoms with Crippen molar-refractivity contribution in [2.24, 2.45) is 0 Å². The molecule has 0 unspecified atom stereocenters. The lowest BCUT2D eigenvalue weighted by Gasteiger charge is -2.29. The summed E-state index contributed by atoms with van der Waals surface area (Å²) in [6, 6.07) is -0.323. The van der Waals surface area contributed by atoms with Gasteiger partial charge in [0.25, 0.3) is 0 Å². The molecule has 2 atom stereocenters. The summed E-state index contributed by atoms with van der Waals surface area (Å²) in [5, 5.41) is 10.1. The van der Waals surface area contributed by atoms with Crippen molar-refractivity contribution in [2.75, 3.05) is 32.2 Å². The monoisotopic (exact) mass is 268 g/mol. The molecule has 0 saturated carbocycles. The van der Waals surface area contributed by atoms with E-state index in [9.17, 15) is 4.79 Å². The van der Waals surface area contributed by atoms with Gasteiger partial charge in [-0.25, -0.2) is 0 Å². The van der Waals surface area contributed by atoms with E-state index >= 15 is 0 Å². The molecule has 0 aliphatic carbocycles. The highest BCUT2D eigenvalue weighted by molar-refractivity contribution is 5.95. The highest BCUT2D eigenvalue weighted by atomic mass is 16.5. The number of hydrogen-bond acceptors (Lipinski definition) is 5. The van der Waals surface area contributed by atoms with Gasteiger partial charge in [-0.05, 0) is 6.92 Å². The van der Waals surface area contributed by atoms with Crippen LogP contribution < -0.4 is 10.6 Å². The van der Waals surface area contributed by atoms with Gasteiger partial charge in [-0.15, -0.1) is 0 Å². The predicted molar refractivity (Wildman–Crippen MR) is 69.9 cm³/mol. The summed E-state index contributed by atoms with van der Waals surface area (Å²) >= 11 is 0. The van der Waals surface area contributed by atoms with E-state index in [2.05, 4.69) is 15.7 Å². The molecule has 1 aromatic heterocycles. The van der Waals surface area contributed by atoms with Crippen molar-refractivity contribution in [1.82, 2.24) is 15.1 Å². The van der Waals surface area contributed by atoms with E-state index in [0.717, 1.165) is 0 Å². The van der Waals surface area contributed by atoms with E-state index in [-0.39, 0.29) is 18.1 Å². The number of anilines is 1. The van der Waals surface area contributed by atoms with Gasteiger partial charge in [0.15, 0.2) is 0 Å². The first-order valence-electron chi connectivity index (χ1n) is 6.38. The number of rotatable bonds is 5. The number of nitrogens with zero attached hydrogens (tertiary/aromatic N) is 2. The molecule has 7 heteroatoms. The minimum absolute atomic E-state index is 0.0986. The largest absolute Gasteiger partial charge is 0.383 e. The topological polar surface area (TPSA) is 77.4 Å². The van der Waals surface area contributed by atoms with E-state index in [1.807, 2.05) is 6.92 Å². The highest BCUT2D eigenvalue weighted by Crippen LogP contribution is 2.09. The average molecular weight is 268 g/mol. The van der Waals surface area contributed by atoms with Crippen LogP contribution in [-0.4, -0.2) is 54.7 Å². The number of morpholine rings is 1. The number of carbonyl (C=O) groups excluding carboxylic acids is 1. The molecular weight excluding hydrogens is 248 g/mol. The van der Waals surface area contributed by atoms with E-state index in [1.54, 1.807) is 24.2 Å². The van der Waals surface area contributed by atoms with Crippen LogP contribution in [-0.2, 0) is 20.8 Å². The van der Waals surface area contributed by atoms with E-state index in [4.69, 9.17) is 9.47 Å². The summed E-state index contributed by atoms with van der Waals surface area (Å²) in [4.78, 5) is 12.1. The van der Waals surface area contributed by atoms with Gasteiger partial charge < -0.3 is 20.1 Å². The third kappa shape index (κ3) is 3.76. The van der Waals surface area contributed by atoms with Crippen molar-refractivity contribution in [3.63, 3.8) is 0 Å². The van der Waals surface area contributed by atoms with Crippen LogP contribution >= 0.6 is 0 Å². The third-order valence-electron chi connectivity index (χ3n) is 3.02. The van der Waals surface area contributed by atoms with Crippen molar-refractivity contribution in [3.05, 3.63) is 12.4 Å². The van der Waals surface area contributed by atoms with E-state index in [1.165, 1.54) is 0 Å². The van der Waals surface area contributed by atoms with Crippen LogP contribution in [0.2, 0.25) is 0 Å². The smallest absolute Gasteiger partial charge is 0.244 e. The number of nitrogens with one attached hydrogen (secondary N) is 2. The number of aromatic nitrogens is 2. The van der Waals surface area contributed by atoms with Crippen molar-refractivity contribution in [1.29, 1.82) is 0 Å². The Hall–Kier alpha value is -1.44. The zero-order chi connectivity index (χ0) is 13.7. The van der Waals surface area contributed by atoms with E-state index < -0.39 is 0 Å². The maximum Gasteiger partial charge on any atom is 0.244 e. The molecule has 1 saturated heterocycles. The maximum atomic E-state index is 12.1. The van der Waals surface area contributed by atoms with Crippen LogP contribution in [0.3, 0.4) is 0 Å². The van der Waals surface area contributed by atoms with Gasteiger partial charge in [-0.2, -0.15) is 5.10 Å². The molecule has 2 N–H and O–H groups in total. The molecule has 0 radical (unpaired) electrons. The summed E-state index contributed by atoms with van der Waals surface area (Å²) in [6.45, 7) is 4.46. The summed E-state index contributed by atoms with van der Waals surface area (Å²) in [6.07, 6.45) is 3.28. The first-order chi connectivity index (χ1) is 9.20. The fourth-order valence-corrected chi connectivity index (χ4v) is 1.98. The number of amides is 1. The minimum Gasteiger partial charge on any atom is -0.383 e. The minimum atomic E-state index is -0.323. The van der Waals surface area contributed by atoms with Crippen LogP contribution in [0.15, 0.2) is 12.4 Å². The molecule has 0 bridgehead atoms. The molecular formula is C12H20N4O3. The molecule has 1 aliphatic heterocycles. The Kier molecular flexibility index (Phi) is 4.89. The number of carbonyl (C=O) groups is 1. The molecule has 1 aliphatic rings. The Morgan fingerprint density at radius 2 is 2.58 bits per heavy atom. The lowest BCUT2D eigenvalue weighted by molar-refractivity contribution is -0.123. The summed E-state index contributed by atoms with van der Waals surface area (Å²) in [5.74, 6) is -0.0986. The Morgan fingerprint density at radius 1 is 1.74 bits per heavy atom. The quantitative estimate of drug-likeness (QED) is 0.776. The van der Waals surface area contributed by atoms with Gasteiger partial charge >= 0.3 is 0 Å². The van der Waals surface area contributed by atoms with Crippen molar-refractivity contribution in [3.8, 4) is 0 Å². The molecule has 2 rings (SSSR count). The molecule has 7 nitrogen and oxygen atoms in total. The molecule has 0 aromatic carbocycles. The van der Waals surface area contributed by atoms with Crippen LogP contribution in [0, 0.1) is 0 Å². The normalized spacial score (nSPS) is 23.3. The molecule has 2 heterocycles. The number of hydrogen-bond donors (Lipinski definition) is 2. The SMILES string of the molecule is COCCn1cc(NC(=O)[C@H]2NCCO[C@@H]2C)cn1. The molecule has 1 fully saturated rings. The van der Waals surface area contributed by atoms with Crippen LogP contribution in [0.1, 0.15) is 6.92 Å². The third-order valence-corrected chi connectivity index (χ3v) is 3.02. The van der Waals surface area contributed by atoms with Crippen molar-refractivity contribution in [2.45, 2.75) is 25.6 Å². The van der Waals surface area contributed by atoms with Gasteiger partial charge in [0.05, 0.1) is 37.7 Å². The zero-order valence-electron chi connectivity index (χ0n) is 11.3. The van der Waals surface area contributed by atoms with Crippen LogP contribution in [0.25, 0.3) is 0 Å². The molecule has 1 aromatic rings. The predicted octanol–water partition coefficient (Wildman–Crippen LogP) is -0.155. The average Bonchev–Trinajstić information content (AvgIpc) is 2.84. The number of ether oxygens (including phenoxy) is 2. The second kappa shape index (κ2) is 6.65. The van der Waals surface area contributed by atoms with Gasteiger partial charge in [-0.1, -0.05) is 0 Å². The van der Waals surface area contributed by atoms with Crippen LogP contribution in [0.5, 0.6) is 0 Å². The Balaban J connectivity index is 1.89. The fraction of sp³-hybridized carbons (Fsp3) is 0.667. The zero-order valence-corrected chi connectivity index (χ0v) is 11.3. The van der Waals surface area contributed by atoms with Gasteiger partial charge in [0.1, 0.15) is 6.04 Å². The number of methoxy groups -OCH3 is 1. The molecule has 19 heavy (non-hydrogen) atoms. The second-order valence-electron chi connectivity index (χ2n) is 4.48. The Morgan fingerprint density at radius 3 is 3.32 bits per heavy atom. The maximum absolute atomic E-state index is 12.1. The van der Waals surface area contributed by atoms with Gasteiger partial charge in [0.2, 0.25) is 5.91 Å². The van der Waals surface area contributed by atoms with Crippen LogP contribution in [0.4, 0.5) is 5.69 Å². The molecule has 106 valence electrons. The van der Waals surface area contributed by atoms with E-state index in [0.29, 0.717) is 32.0 Å². The Labute approximate surface area is 112 Å². The first kappa shape index (κ1) is 14.0. The van der Waals surface area contributed by atoms with Gasteiger partial charge in [0, 0.05) is 19.9 Å². The lowest BCUT2D eigenvalue weighted by Crippen LogP contribution is -2.53. The summed E-state index contributed by atoms with van der Waals surface area (Å²) < 4.78 is 12.1. The lowest BCUT2D eigenvalue weighted by atomic mass is 10.1. The highest BCUT2D eigenvalue weighted by Gasteiger charge is 2.28. The Bertz CT molecular complexity index is 421. The summed E-state index contributed by atoms with van der Waals surface area (Å²) in [5.41, 5.74) is 0.681. The van der Waals surface area contributed by atoms with Crippen molar-refractivity contribution >= 4 is 11.6 Å². The van der Waals surface area contributed by atoms with Crippen molar-refractivity contribution < 1.29 is 14.3 Å².